The number of hydrogen-bond acceptors (Lipinski definition) is 4. The standard InChI is InChI=1S/C14H22N2O3S/c1-3-20(17,18)15-14-7-4-6-12-10-16(11-13(12)14)8-5-9-19-2/h4,6-7,15H,3,5,8-11H2,1-2H3. The summed E-state index contributed by atoms with van der Waals surface area (Å²) in [5.41, 5.74) is 3.03. The Morgan fingerprint density at radius 2 is 2.15 bits per heavy atom. The Hall–Kier alpha value is -1.11. The van der Waals surface area contributed by atoms with Gasteiger partial charge in [-0.15, -0.1) is 0 Å². The average Bonchev–Trinajstić information content (AvgIpc) is 2.83. The monoisotopic (exact) mass is 298 g/mol. The summed E-state index contributed by atoms with van der Waals surface area (Å²) in [5, 5.41) is 0. The largest absolute Gasteiger partial charge is 0.385 e. The van der Waals surface area contributed by atoms with Crippen molar-refractivity contribution in [3.63, 3.8) is 0 Å². The first-order valence-corrected chi connectivity index (χ1v) is 8.53. The van der Waals surface area contributed by atoms with Crippen LogP contribution < -0.4 is 4.72 Å². The van der Waals surface area contributed by atoms with Crippen LogP contribution in [-0.2, 0) is 27.8 Å². The molecule has 6 heteroatoms. The topological polar surface area (TPSA) is 58.6 Å². The van der Waals surface area contributed by atoms with Crippen molar-refractivity contribution in [2.75, 3.05) is 30.7 Å². The van der Waals surface area contributed by atoms with E-state index >= 15 is 0 Å². The quantitative estimate of drug-likeness (QED) is 0.780. The lowest BCUT2D eigenvalue weighted by Gasteiger charge is -2.14. The van der Waals surface area contributed by atoms with Gasteiger partial charge in [0.25, 0.3) is 0 Å². The van der Waals surface area contributed by atoms with Crippen LogP contribution in [0.4, 0.5) is 5.69 Å². The lowest BCUT2D eigenvalue weighted by Crippen LogP contribution is -2.19. The summed E-state index contributed by atoms with van der Waals surface area (Å²) < 4.78 is 31.2. The maximum Gasteiger partial charge on any atom is 0.232 e. The van der Waals surface area contributed by atoms with Gasteiger partial charge in [-0.1, -0.05) is 12.1 Å². The van der Waals surface area contributed by atoms with E-state index in [0.717, 1.165) is 43.9 Å². The molecule has 0 saturated heterocycles. The van der Waals surface area contributed by atoms with E-state index in [1.165, 1.54) is 5.56 Å². The van der Waals surface area contributed by atoms with Crippen LogP contribution in [0.3, 0.4) is 0 Å². The minimum atomic E-state index is -3.22. The van der Waals surface area contributed by atoms with Gasteiger partial charge in [0.1, 0.15) is 0 Å². The number of sulfonamides is 1. The minimum Gasteiger partial charge on any atom is -0.385 e. The maximum absolute atomic E-state index is 11.7. The average molecular weight is 298 g/mol. The van der Waals surface area contributed by atoms with Crippen LogP contribution in [0.2, 0.25) is 0 Å². The van der Waals surface area contributed by atoms with Gasteiger partial charge in [0, 0.05) is 33.4 Å². The highest BCUT2D eigenvalue weighted by atomic mass is 32.2. The highest BCUT2D eigenvalue weighted by Gasteiger charge is 2.22. The molecule has 1 N–H and O–H groups in total. The summed E-state index contributed by atoms with van der Waals surface area (Å²) in [4.78, 5) is 2.31. The number of rotatable bonds is 7. The highest BCUT2D eigenvalue weighted by Crippen LogP contribution is 2.29. The minimum absolute atomic E-state index is 0.0915. The molecule has 1 heterocycles. The first-order chi connectivity index (χ1) is 9.55. The van der Waals surface area contributed by atoms with E-state index in [1.54, 1.807) is 14.0 Å². The van der Waals surface area contributed by atoms with Gasteiger partial charge in [-0.05, 0) is 30.5 Å². The molecule has 0 bridgehead atoms. The third-order valence-corrected chi connectivity index (χ3v) is 4.81. The number of nitrogens with zero attached hydrogens (tertiary/aromatic N) is 1. The molecule has 1 aliphatic heterocycles. The van der Waals surface area contributed by atoms with Gasteiger partial charge in [0.05, 0.1) is 11.4 Å². The maximum atomic E-state index is 11.7. The van der Waals surface area contributed by atoms with Crippen LogP contribution in [0.1, 0.15) is 24.5 Å². The second-order valence-corrected chi connectivity index (χ2v) is 7.02. The SMILES string of the molecule is CCS(=O)(=O)Nc1cccc2c1CN(CCCOC)C2. The fourth-order valence-corrected chi connectivity index (χ4v) is 3.09. The summed E-state index contributed by atoms with van der Waals surface area (Å²) in [6.45, 7) is 5.02. The van der Waals surface area contributed by atoms with Gasteiger partial charge in [-0.25, -0.2) is 8.42 Å². The lowest BCUT2D eigenvalue weighted by molar-refractivity contribution is 0.172. The summed E-state index contributed by atoms with van der Waals surface area (Å²) >= 11 is 0. The Kier molecular flexibility index (Phi) is 5.01. The molecule has 0 fully saturated rings. The van der Waals surface area contributed by atoms with E-state index in [-0.39, 0.29) is 5.75 Å². The van der Waals surface area contributed by atoms with Crippen molar-refractivity contribution in [2.24, 2.45) is 0 Å². The van der Waals surface area contributed by atoms with Gasteiger partial charge in [-0.2, -0.15) is 0 Å². The fourth-order valence-electron chi connectivity index (χ4n) is 2.42. The Morgan fingerprint density at radius 1 is 1.35 bits per heavy atom. The molecule has 0 aromatic heterocycles. The Balaban J connectivity index is 2.08. The zero-order valence-corrected chi connectivity index (χ0v) is 12.9. The normalized spacial score (nSPS) is 15.3. The molecule has 0 aliphatic carbocycles. The first kappa shape index (κ1) is 15.3. The van der Waals surface area contributed by atoms with Crippen molar-refractivity contribution in [2.45, 2.75) is 26.4 Å². The van der Waals surface area contributed by atoms with Gasteiger partial charge >= 0.3 is 0 Å². The zero-order valence-electron chi connectivity index (χ0n) is 12.1. The molecule has 112 valence electrons. The van der Waals surface area contributed by atoms with Crippen molar-refractivity contribution < 1.29 is 13.2 Å². The van der Waals surface area contributed by atoms with Crippen molar-refractivity contribution in [1.29, 1.82) is 0 Å². The molecular weight excluding hydrogens is 276 g/mol. The predicted octanol–water partition coefficient (Wildman–Crippen LogP) is 1.80. The summed E-state index contributed by atoms with van der Waals surface area (Å²) in [6, 6.07) is 5.81. The first-order valence-electron chi connectivity index (χ1n) is 6.88. The lowest BCUT2D eigenvalue weighted by atomic mass is 10.1. The number of methoxy groups -OCH3 is 1. The van der Waals surface area contributed by atoms with Crippen LogP contribution in [0, 0.1) is 0 Å². The van der Waals surface area contributed by atoms with Crippen LogP contribution >= 0.6 is 0 Å². The highest BCUT2D eigenvalue weighted by molar-refractivity contribution is 7.92. The molecule has 0 amide bonds. The number of benzene rings is 1. The number of hydrogen-bond donors (Lipinski definition) is 1. The summed E-state index contributed by atoms with van der Waals surface area (Å²) in [7, 11) is -1.52. The summed E-state index contributed by atoms with van der Waals surface area (Å²) in [5.74, 6) is 0.0915. The molecule has 0 radical (unpaired) electrons. The molecule has 0 saturated carbocycles. The van der Waals surface area contributed by atoms with E-state index in [9.17, 15) is 8.42 Å². The number of nitrogens with one attached hydrogen (secondary N) is 1. The zero-order chi connectivity index (χ0) is 14.6. The van der Waals surface area contributed by atoms with Crippen molar-refractivity contribution in [3.8, 4) is 0 Å². The molecular formula is C14H22N2O3S. The van der Waals surface area contributed by atoms with E-state index in [0.29, 0.717) is 0 Å². The second-order valence-electron chi connectivity index (χ2n) is 5.01. The van der Waals surface area contributed by atoms with E-state index in [2.05, 4.69) is 15.7 Å². The van der Waals surface area contributed by atoms with E-state index in [4.69, 9.17) is 4.74 Å². The number of anilines is 1. The molecule has 1 aliphatic rings. The third kappa shape index (κ3) is 3.71. The second kappa shape index (κ2) is 6.56. The molecule has 0 atom stereocenters. The fraction of sp³-hybridized carbons (Fsp3) is 0.571. The molecule has 1 aromatic carbocycles. The molecule has 2 rings (SSSR count). The van der Waals surface area contributed by atoms with Crippen LogP contribution in [0.15, 0.2) is 18.2 Å². The Labute approximate surface area is 121 Å². The van der Waals surface area contributed by atoms with Crippen LogP contribution in [0.25, 0.3) is 0 Å². The molecule has 0 spiro atoms. The van der Waals surface area contributed by atoms with Gasteiger partial charge in [-0.3, -0.25) is 9.62 Å². The molecule has 1 aromatic rings. The van der Waals surface area contributed by atoms with E-state index in [1.807, 2.05) is 12.1 Å². The van der Waals surface area contributed by atoms with Gasteiger partial charge < -0.3 is 4.74 Å². The smallest absolute Gasteiger partial charge is 0.232 e. The Morgan fingerprint density at radius 3 is 2.85 bits per heavy atom. The Bertz CT molecular complexity index is 558. The number of fused-ring (bicyclic) bond motifs is 1. The van der Waals surface area contributed by atoms with Gasteiger partial charge in [0.15, 0.2) is 0 Å². The van der Waals surface area contributed by atoms with Crippen molar-refractivity contribution in [3.05, 3.63) is 29.3 Å². The van der Waals surface area contributed by atoms with Crippen LogP contribution in [-0.4, -0.2) is 39.3 Å². The molecule has 20 heavy (non-hydrogen) atoms. The van der Waals surface area contributed by atoms with Crippen LogP contribution in [0.5, 0.6) is 0 Å². The number of ether oxygens (including phenoxy) is 1. The van der Waals surface area contributed by atoms with Crippen molar-refractivity contribution in [1.82, 2.24) is 4.90 Å². The summed E-state index contributed by atoms with van der Waals surface area (Å²) in [6.07, 6.45) is 0.987. The molecule has 0 unspecified atom stereocenters. The predicted molar refractivity (Wildman–Crippen MR) is 80.1 cm³/mol. The van der Waals surface area contributed by atoms with Gasteiger partial charge in [0.2, 0.25) is 10.0 Å². The molecule has 5 nitrogen and oxygen atoms in total. The van der Waals surface area contributed by atoms with Crippen molar-refractivity contribution >= 4 is 15.7 Å². The van der Waals surface area contributed by atoms with E-state index < -0.39 is 10.0 Å². The third-order valence-electron chi connectivity index (χ3n) is 3.52.